The molecule has 2 aromatic rings. The first-order chi connectivity index (χ1) is 12.9. The van der Waals surface area contributed by atoms with E-state index < -0.39 is 16.7 Å². The lowest BCUT2D eigenvalue weighted by atomic mass is 10.2. The van der Waals surface area contributed by atoms with Crippen LogP contribution in [0.5, 0.6) is 5.75 Å². The van der Waals surface area contributed by atoms with Gasteiger partial charge in [-0.25, -0.2) is 0 Å². The van der Waals surface area contributed by atoms with Gasteiger partial charge in [0.25, 0.3) is 17.5 Å². The van der Waals surface area contributed by atoms with Crippen molar-refractivity contribution >= 4 is 46.4 Å². The molecular weight excluding hydrogens is 396 g/mol. The van der Waals surface area contributed by atoms with Gasteiger partial charge < -0.3 is 4.74 Å². The first kappa shape index (κ1) is 20.1. The number of rotatable bonds is 5. The molecule has 0 aliphatic rings. The van der Waals surface area contributed by atoms with Crippen LogP contribution in [0.2, 0.25) is 5.02 Å². The number of carbonyl (C=O) groups excluding carboxylic acids is 2. The molecule has 27 heavy (non-hydrogen) atoms. The van der Waals surface area contributed by atoms with E-state index in [1.165, 1.54) is 18.2 Å². The maximum Gasteiger partial charge on any atom is 0.270 e. The van der Waals surface area contributed by atoms with Crippen molar-refractivity contribution < 1.29 is 19.2 Å². The van der Waals surface area contributed by atoms with Crippen molar-refractivity contribution in [1.29, 1.82) is 0 Å². The topological polar surface area (TPSA) is 123 Å². The van der Waals surface area contributed by atoms with Gasteiger partial charge in [0.05, 0.1) is 9.95 Å². The fourth-order valence-corrected chi connectivity index (χ4v) is 2.20. The fourth-order valence-electron chi connectivity index (χ4n) is 1.85. The maximum absolute atomic E-state index is 12.0. The molecule has 0 saturated heterocycles. The van der Waals surface area contributed by atoms with Crippen molar-refractivity contribution in [3.8, 4) is 5.75 Å². The second kappa shape index (κ2) is 9.46. The van der Waals surface area contributed by atoms with Crippen molar-refractivity contribution in [1.82, 2.24) is 16.2 Å². The summed E-state index contributed by atoms with van der Waals surface area (Å²) in [5.74, 6) is -0.896. The Labute approximate surface area is 163 Å². The smallest absolute Gasteiger partial charge is 0.270 e. The summed E-state index contributed by atoms with van der Waals surface area (Å²) in [6.07, 6.45) is 0. The maximum atomic E-state index is 12.0. The molecule has 0 spiro atoms. The van der Waals surface area contributed by atoms with Gasteiger partial charge in [0.2, 0.25) is 0 Å². The summed E-state index contributed by atoms with van der Waals surface area (Å²) in [6, 6.07) is 11.8. The summed E-state index contributed by atoms with van der Waals surface area (Å²) in [5, 5.41) is 13.2. The molecule has 0 aromatic heterocycles. The minimum atomic E-state index is -0.664. The van der Waals surface area contributed by atoms with Crippen LogP contribution in [-0.4, -0.2) is 28.5 Å². The number of nitro benzene ring substituents is 1. The number of para-hydroxylation sites is 1. The zero-order valence-corrected chi connectivity index (χ0v) is 15.2. The van der Waals surface area contributed by atoms with Crippen molar-refractivity contribution in [2.24, 2.45) is 0 Å². The first-order valence-electron chi connectivity index (χ1n) is 7.39. The molecule has 0 radical (unpaired) electrons. The Hall–Kier alpha value is -3.24. The number of amides is 2. The number of carbonyl (C=O) groups is 2. The zero-order chi connectivity index (χ0) is 19.8. The molecule has 2 aromatic carbocycles. The molecule has 3 N–H and O–H groups in total. The molecule has 11 heteroatoms. The number of hydrogen-bond acceptors (Lipinski definition) is 6. The second-order valence-electron chi connectivity index (χ2n) is 4.98. The third-order valence-electron chi connectivity index (χ3n) is 3.06. The van der Waals surface area contributed by atoms with Gasteiger partial charge in [-0.3, -0.25) is 35.9 Å². The third kappa shape index (κ3) is 6.20. The summed E-state index contributed by atoms with van der Waals surface area (Å²) in [6.45, 7) is -0.343. The summed E-state index contributed by atoms with van der Waals surface area (Å²) in [5.41, 5.74) is 4.36. The molecule has 0 bridgehead atoms. The zero-order valence-electron chi connectivity index (χ0n) is 13.6. The largest absolute Gasteiger partial charge is 0.482 e. The average Bonchev–Trinajstić information content (AvgIpc) is 2.65. The molecule has 0 heterocycles. The normalized spacial score (nSPS) is 9.81. The Kier molecular flexibility index (Phi) is 7.03. The Morgan fingerprint density at radius 2 is 1.89 bits per heavy atom. The van der Waals surface area contributed by atoms with Gasteiger partial charge in [-0.15, -0.1) is 0 Å². The monoisotopic (exact) mass is 408 g/mol. The lowest BCUT2D eigenvalue weighted by Crippen LogP contribution is -2.49. The number of nitro groups is 1. The van der Waals surface area contributed by atoms with E-state index in [0.29, 0.717) is 10.8 Å². The number of ether oxygens (including phenoxy) is 1. The van der Waals surface area contributed by atoms with Crippen LogP contribution in [0.4, 0.5) is 5.69 Å². The van der Waals surface area contributed by atoms with Gasteiger partial charge in [0, 0.05) is 17.7 Å². The van der Waals surface area contributed by atoms with Crippen LogP contribution in [0.3, 0.4) is 0 Å². The second-order valence-corrected chi connectivity index (χ2v) is 5.80. The summed E-state index contributed by atoms with van der Waals surface area (Å²) in [4.78, 5) is 33.8. The van der Waals surface area contributed by atoms with E-state index in [4.69, 9.17) is 28.6 Å². The van der Waals surface area contributed by atoms with Gasteiger partial charge in [-0.1, -0.05) is 29.8 Å². The number of hydrazine groups is 1. The number of hydrogen-bond donors (Lipinski definition) is 3. The lowest BCUT2D eigenvalue weighted by Gasteiger charge is -2.11. The number of non-ortho nitro benzene ring substituents is 1. The van der Waals surface area contributed by atoms with E-state index in [1.54, 1.807) is 24.3 Å². The third-order valence-corrected chi connectivity index (χ3v) is 3.57. The van der Waals surface area contributed by atoms with Gasteiger partial charge in [-0.2, -0.15) is 0 Å². The molecular formula is C16H13ClN4O5S. The van der Waals surface area contributed by atoms with Gasteiger partial charge >= 0.3 is 0 Å². The van der Waals surface area contributed by atoms with Gasteiger partial charge in [0.15, 0.2) is 11.7 Å². The molecule has 0 unspecified atom stereocenters. The Morgan fingerprint density at radius 3 is 2.59 bits per heavy atom. The molecule has 0 aliphatic heterocycles. The van der Waals surface area contributed by atoms with E-state index in [2.05, 4.69) is 16.2 Å². The van der Waals surface area contributed by atoms with Crippen LogP contribution in [0.15, 0.2) is 48.5 Å². The Bertz CT molecular complexity index is 893. The highest BCUT2D eigenvalue weighted by Crippen LogP contribution is 2.22. The van der Waals surface area contributed by atoms with Crippen LogP contribution >= 0.6 is 23.8 Å². The van der Waals surface area contributed by atoms with Crippen LogP contribution in [0.25, 0.3) is 0 Å². The number of benzene rings is 2. The molecule has 0 atom stereocenters. The molecule has 9 nitrogen and oxygen atoms in total. The molecule has 2 rings (SSSR count). The minimum absolute atomic E-state index is 0.0490. The number of nitrogens with one attached hydrogen (secondary N) is 3. The first-order valence-corrected chi connectivity index (χ1v) is 8.17. The predicted octanol–water partition coefficient (Wildman–Crippen LogP) is 1.96. The summed E-state index contributed by atoms with van der Waals surface area (Å²) in [7, 11) is 0. The van der Waals surface area contributed by atoms with E-state index in [-0.39, 0.29) is 23.0 Å². The van der Waals surface area contributed by atoms with Crippen molar-refractivity contribution in [3.05, 3.63) is 69.2 Å². The van der Waals surface area contributed by atoms with Crippen molar-refractivity contribution in [3.63, 3.8) is 0 Å². The quantitative estimate of drug-likeness (QED) is 0.392. The van der Waals surface area contributed by atoms with Crippen molar-refractivity contribution in [2.45, 2.75) is 0 Å². The molecule has 0 aliphatic carbocycles. The number of halogens is 1. The van der Waals surface area contributed by atoms with Crippen LogP contribution in [0, 0.1) is 10.1 Å². The van der Waals surface area contributed by atoms with Crippen LogP contribution in [-0.2, 0) is 4.79 Å². The van der Waals surface area contributed by atoms with E-state index >= 15 is 0 Å². The summed E-state index contributed by atoms with van der Waals surface area (Å²) < 4.78 is 5.25. The highest BCUT2D eigenvalue weighted by atomic mass is 35.5. The number of thiocarbonyl (C=S) groups is 1. The lowest BCUT2D eigenvalue weighted by molar-refractivity contribution is -0.384. The SMILES string of the molecule is O=C(COc1ccccc1Cl)NC(=S)NNC(=O)c1cccc([N+](=O)[O-])c1. The Morgan fingerprint density at radius 1 is 1.15 bits per heavy atom. The minimum Gasteiger partial charge on any atom is -0.482 e. The standard InChI is InChI=1S/C16H13ClN4O5S/c17-12-6-1-2-7-13(12)26-9-14(22)18-16(27)20-19-15(23)10-4-3-5-11(8-10)21(24)25/h1-8H,9H2,(H,19,23)(H2,18,20,22,27). The van der Waals surface area contributed by atoms with Crippen LogP contribution < -0.4 is 20.9 Å². The number of nitrogens with zero attached hydrogens (tertiary/aromatic N) is 1. The van der Waals surface area contributed by atoms with E-state index in [0.717, 1.165) is 6.07 Å². The fraction of sp³-hybridized carbons (Fsp3) is 0.0625. The average molecular weight is 409 g/mol. The predicted molar refractivity (Wildman–Crippen MR) is 101 cm³/mol. The molecule has 140 valence electrons. The van der Waals surface area contributed by atoms with Crippen LogP contribution in [0.1, 0.15) is 10.4 Å². The highest BCUT2D eigenvalue weighted by molar-refractivity contribution is 7.80. The van der Waals surface area contributed by atoms with E-state index in [9.17, 15) is 19.7 Å². The molecule has 0 saturated carbocycles. The van der Waals surface area contributed by atoms with E-state index in [1.807, 2.05) is 0 Å². The Balaban J connectivity index is 1.79. The van der Waals surface area contributed by atoms with Gasteiger partial charge in [-0.05, 0) is 30.4 Å². The summed E-state index contributed by atoms with van der Waals surface area (Å²) >= 11 is 10.8. The highest BCUT2D eigenvalue weighted by Gasteiger charge is 2.12. The van der Waals surface area contributed by atoms with Crippen molar-refractivity contribution in [2.75, 3.05) is 6.61 Å². The molecule has 2 amide bonds. The van der Waals surface area contributed by atoms with Gasteiger partial charge in [0.1, 0.15) is 5.75 Å². The molecule has 0 fully saturated rings.